The third-order valence-corrected chi connectivity index (χ3v) is 2.61. The highest BCUT2D eigenvalue weighted by Gasteiger charge is 2.44. The van der Waals surface area contributed by atoms with Gasteiger partial charge in [0.1, 0.15) is 11.8 Å². The Morgan fingerprint density at radius 1 is 1.40 bits per heavy atom. The van der Waals surface area contributed by atoms with E-state index in [0.717, 1.165) is 4.90 Å². The molecule has 0 radical (unpaired) electrons. The topological polar surface area (TPSA) is 94.9 Å². The fourth-order valence-electron chi connectivity index (χ4n) is 1.61. The highest BCUT2D eigenvalue weighted by Crippen LogP contribution is 2.29. The van der Waals surface area contributed by atoms with Gasteiger partial charge in [0, 0.05) is 18.4 Å². The Balaban J connectivity index is 2.97. The van der Waals surface area contributed by atoms with Crippen molar-refractivity contribution in [2.75, 3.05) is 6.54 Å². The van der Waals surface area contributed by atoms with Crippen molar-refractivity contribution in [2.24, 2.45) is 5.41 Å². The minimum Gasteiger partial charge on any atom is -0.480 e. The van der Waals surface area contributed by atoms with Gasteiger partial charge in [0.2, 0.25) is 0 Å². The van der Waals surface area contributed by atoms with Crippen LogP contribution in [0.1, 0.15) is 20.3 Å². The maximum atomic E-state index is 11.5. The summed E-state index contributed by atoms with van der Waals surface area (Å²) in [4.78, 5) is 33.9. The third kappa shape index (κ3) is 2.08. The van der Waals surface area contributed by atoms with Crippen molar-refractivity contribution >= 4 is 17.8 Å². The zero-order valence-corrected chi connectivity index (χ0v) is 8.56. The molecule has 1 amide bonds. The number of carboxylic acid groups (broad SMARTS) is 2. The molecule has 0 spiro atoms. The fourth-order valence-corrected chi connectivity index (χ4v) is 1.61. The van der Waals surface area contributed by atoms with Gasteiger partial charge >= 0.3 is 12.1 Å². The zero-order valence-electron chi connectivity index (χ0n) is 8.56. The van der Waals surface area contributed by atoms with Gasteiger partial charge in [-0.3, -0.25) is 9.69 Å². The maximum Gasteiger partial charge on any atom is 0.408 e. The molecule has 1 aliphatic rings. The Labute approximate surface area is 86.5 Å². The molecule has 1 fully saturated rings. The lowest BCUT2D eigenvalue weighted by molar-refractivity contribution is -0.150. The molecule has 1 heterocycles. The number of carbonyl (C=O) groups is 3. The highest BCUT2D eigenvalue weighted by molar-refractivity contribution is 5.93. The normalized spacial score (nSPS) is 25.1. The largest absolute Gasteiger partial charge is 0.480 e. The summed E-state index contributed by atoms with van der Waals surface area (Å²) >= 11 is 0. The number of piperidine rings is 1. The van der Waals surface area contributed by atoms with E-state index in [1.807, 2.05) is 0 Å². The molecule has 0 aromatic rings. The number of hydrogen-bond acceptors (Lipinski definition) is 3. The molecule has 15 heavy (non-hydrogen) atoms. The molecule has 1 saturated heterocycles. The predicted molar refractivity (Wildman–Crippen MR) is 49.6 cm³/mol. The molecule has 0 aromatic heterocycles. The number of Topliss-reactive ketones (excluding diaryl/α,β-unsaturated/α-hetero) is 1. The summed E-state index contributed by atoms with van der Waals surface area (Å²) in [5, 5.41) is 17.6. The molecule has 6 heteroatoms. The van der Waals surface area contributed by atoms with Crippen LogP contribution < -0.4 is 0 Å². The molecule has 0 bridgehead atoms. The lowest BCUT2D eigenvalue weighted by atomic mass is 9.80. The molecule has 0 aromatic carbocycles. The Morgan fingerprint density at radius 2 is 1.93 bits per heavy atom. The van der Waals surface area contributed by atoms with Crippen molar-refractivity contribution in [1.82, 2.24) is 4.90 Å². The number of rotatable bonds is 1. The average molecular weight is 215 g/mol. The zero-order chi connectivity index (χ0) is 11.8. The minimum atomic E-state index is -1.30. The van der Waals surface area contributed by atoms with Crippen LogP contribution in [0.3, 0.4) is 0 Å². The van der Waals surface area contributed by atoms with Gasteiger partial charge in [0.05, 0.1) is 0 Å². The summed E-state index contributed by atoms with van der Waals surface area (Å²) in [6.07, 6.45) is -1.56. The molecule has 1 rings (SSSR count). The van der Waals surface area contributed by atoms with E-state index >= 15 is 0 Å². The molecule has 0 saturated carbocycles. The molecule has 1 atom stereocenters. The SMILES string of the molecule is CC1(C)CN(C(=O)O)C(C(=O)O)CC1=O. The summed E-state index contributed by atoms with van der Waals surface area (Å²) in [7, 11) is 0. The fraction of sp³-hybridized carbons (Fsp3) is 0.667. The van der Waals surface area contributed by atoms with Crippen LogP contribution in [0.25, 0.3) is 0 Å². The lowest BCUT2D eigenvalue weighted by Crippen LogP contribution is -2.56. The Morgan fingerprint density at radius 3 is 2.33 bits per heavy atom. The highest BCUT2D eigenvalue weighted by atomic mass is 16.4. The van der Waals surface area contributed by atoms with Crippen LogP contribution in [-0.2, 0) is 9.59 Å². The van der Waals surface area contributed by atoms with Gasteiger partial charge in [-0.1, -0.05) is 13.8 Å². The maximum absolute atomic E-state index is 11.5. The van der Waals surface area contributed by atoms with Crippen LogP contribution in [0.15, 0.2) is 0 Å². The van der Waals surface area contributed by atoms with E-state index in [1.165, 1.54) is 0 Å². The summed E-state index contributed by atoms with van der Waals surface area (Å²) in [5.41, 5.74) is -0.801. The first-order valence-electron chi connectivity index (χ1n) is 4.51. The van der Waals surface area contributed by atoms with E-state index in [2.05, 4.69) is 0 Å². The number of ketones is 1. The van der Waals surface area contributed by atoms with Crippen LogP contribution in [0.5, 0.6) is 0 Å². The van der Waals surface area contributed by atoms with E-state index in [4.69, 9.17) is 10.2 Å². The Hall–Kier alpha value is -1.59. The predicted octanol–water partition coefficient (Wildman–Crippen LogP) is 0.419. The van der Waals surface area contributed by atoms with E-state index < -0.39 is 23.5 Å². The van der Waals surface area contributed by atoms with Crippen molar-refractivity contribution in [3.05, 3.63) is 0 Å². The molecule has 1 aliphatic heterocycles. The first kappa shape index (κ1) is 11.5. The van der Waals surface area contributed by atoms with Crippen molar-refractivity contribution in [1.29, 1.82) is 0 Å². The van der Waals surface area contributed by atoms with Crippen LogP contribution in [-0.4, -0.2) is 45.5 Å². The monoisotopic (exact) mass is 215 g/mol. The number of likely N-dealkylation sites (tertiary alicyclic amines) is 1. The first-order valence-corrected chi connectivity index (χ1v) is 4.51. The van der Waals surface area contributed by atoms with Gasteiger partial charge in [-0.15, -0.1) is 0 Å². The minimum absolute atomic E-state index is 0.0713. The van der Waals surface area contributed by atoms with Crippen molar-refractivity contribution in [2.45, 2.75) is 26.3 Å². The summed E-state index contributed by atoms with van der Waals surface area (Å²) in [6, 6.07) is -1.25. The van der Waals surface area contributed by atoms with E-state index in [0.29, 0.717) is 0 Å². The summed E-state index contributed by atoms with van der Waals surface area (Å²) < 4.78 is 0. The third-order valence-electron chi connectivity index (χ3n) is 2.61. The summed E-state index contributed by atoms with van der Waals surface area (Å²) in [5.74, 6) is -1.49. The standard InChI is InChI=1S/C9H13NO5/c1-9(2)4-10(8(14)15)5(7(12)13)3-6(9)11/h5H,3-4H2,1-2H3,(H,12,13)(H,14,15). The van der Waals surface area contributed by atoms with Gasteiger partial charge in [-0.05, 0) is 0 Å². The van der Waals surface area contributed by atoms with Crippen molar-refractivity contribution in [3.63, 3.8) is 0 Å². The second-order valence-corrected chi connectivity index (χ2v) is 4.28. The number of nitrogens with zero attached hydrogens (tertiary/aromatic N) is 1. The van der Waals surface area contributed by atoms with Gasteiger partial charge in [-0.25, -0.2) is 9.59 Å². The average Bonchev–Trinajstić information content (AvgIpc) is 2.08. The van der Waals surface area contributed by atoms with Crippen molar-refractivity contribution in [3.8, 4) is 0 Å². The number of hydrogen-bond donors (Lipinski definition) is 2. The number of carboxylic acids is 1. The van der Waals surface area contributed by atoms with Gasteiger partial charge in [0.15, 0.2) is 0 Å². The second kappa shape index (κ2) is 3.52. The van der Waals surface area contributed by atoms with Crippen LogP contribution in [0, 0.1) is 5.41 Å². The van der Waals surface area contributed by atoms with E-state index in [1.54, 1.807) is 13.8 Å². The van der Waals surface area contributed by atoms with E-state index in [-0.39, 0.29) is 18.7 Å². The van der Waals surface area contributed by atoms with Gasteiger partial charge < -0.3 is 10.2 Å². The van der Waals surface area contributed by atoms with Crippen molar-refractivity contribution < 1.29 is 24.6 Å². The lowest BCUT2D eigenvalue weighted by Gasteiger charge is -2.38. The Bertz CT molecular complexity index is 322. The van der Waals surface area contributed by atoms with Crippen LogP contribution in [0.2, 0.25) is 0 Å². The quantitative estimate of drug-likeness (QED) is 0.660. The Kier molecular flexibility index (Phi) is 2.70. The number of aliphatic carboxylic acids is 1. The summed E-state index contributed by atoms with van der Waals surface area (Å²) in [6.45, 7) is 3.16. The molecular formula is C9H13NO5. The van der Waals surface area contributed by atoms with E-state index in [9.17, 15) is 14.4 Å². The molecule has 2 N–H and O–H groups in total. The van der Waals surface area contributed by atoms with Gasteiger partial charge in [0.25, 0.3) is 0 Å². The molecule has 84 valence electrons. The molecule has 6 nitrogen and oxygen atoms in total. The smallest absolute Gasteiger partial charge is 0.408 e. The molecule has 0 aliphatic carbocycles. The van der Waals surface area contributed by atoms with Crippen LogP contribution >= 0.6 is 0 Å². The van der Waals surface area contributed by atoms with Crippen LogP contribution in [0.4, 0.5) is 4.79 Å². The number of carbonyl (C=O) groups excluding carboxylic acids is 1. The second-order valence-electron chi connectivity index (χ2n) is 4.28. The first-order chi connectivity index (χ1) is 6.75. The molecular weight excluding hydrogens is 202 g/mol. The number of amides is 1. The van der Waals surface area contributed by atoms with Gasteiger partial charge in [-0.2, -0.15) is 0 Å². The molecule has 1 unspecified atom stereocenters.